The predicted octanol–water partition coefficient (Wildman–Crippen LogP) is 4.28. The number of ether oxygens (including phenoxy) is 4. The first-order chi connectivity index (χ1) is 28.3. The number of anilines is 2. The Balaban J connectivity index is 1.11. The summed E-state index contributed by atoms with van der Waals surface area (Å²) in [5.74, 6) is -8.61. The maximum atomic E-state index is 13.8. The van der Waals surface area contributed by atoms with E-state index in [1.165, 1.54) is 87.0 Å². The summed E-state index contributed by atoms with van der Waals surface area (Å²) in [5, 5.41) is 20.8. The molecule has 4 aromatic rings. The number of nitriles is 2. The van der Waals surface area contributed by atoms with Crippen LogP contribution in [0.2, 0.25) is 0 Å². The molecule has 2 aliphatic heterocycles. The van der Waals surface area contributed by atoms with Crippen LogP contribution in [0, 0.1) is 39.9 Å². The molecule has 2 saturated heterocycles. The smallest absolute Gasteiger partial charge is 0.338 e. The minimum atomic E-state index is -2.44. The third-order valence-electron chi connectivity index (χ3n) is 9.94. The number of ketones is 2. The Labute approximate surface area is 336 Å². The molecule has 4 aromatic carbocycles. The van der Waals surface area contributed by atoms with Gasteiger partial charge in [-0.1, -0.05) is 24.3 Å². The molecule has 0 radical (unpaired) electrons. The molecule has 0 N–H and O–H groups in total. The standard InChI is InChI=1S/C43H32N4O12/c1-56-31-7-3-5-27(17-31)35(48)21-58-41(54)25-9-13-29(14-10-25)46-37(50)19-33(39(46)52)43(23-44,24-45)34-20-38(51)47(40(34)53)30-15-11-26(12-16-30)42(55)59-22-36(49)28-6-4-8-32(18-28)57-2/h3-18,33-34H,19-22H2,1-2H3. The van der Waals surface area contributed by atoms with E-state index in [0.29, 0.717) is 11.5 Å². The van der Waals surface area contributed by atoms with Crippen molar-refractivity contribution in [2.24, 2.45) is 17.3 Å². The molecule has 2 heterocycles. The van der Waals surface area contributed by atoms with Crippen LogP contribution in [0.4, 0.5) is 11.4 Å². The maximum absolute atomic E-state index is 13.8. The van der Waals surface area contributed by atoms with E-state index in [-0.39, 0.29) is 33.6 Å². The minimum absolute atomic E-state index is 0.00461. The van der Waals surface area contributed by atoms with Gasteiger partial charge in [-0.2, -0.15) is 10.5 Å². The lowest BCUT2D eigenvalue weighted by Gasteiger charge is -2.28. The van der Waals surface area contributed by atoms with Crippen molar-refractivity contribution in [3.8, 4) is 23.6 Å². The summed E-state index contributed by atoms with van der Waals surface area (Å²) in [7, 11) is 2.89. The Morgan fingerprint density at radius 3 is 1.31 bits per heavy atom. The number of esters is 2. The Morgan fingerprint density at radius 1 is 0.593 bits per heavy atom. The quantitative estimate of drug-likeness (QED) is 0.0986. The van der Waals surface area contributed by atoms with Crippen molar-refractivity contribution in [1.82, 2.24) is 0 Å². The highest BCUT2D eigenvalue weighted by Gasteiger charge is 2.62. The zero-order valence-electron chi connectivity index (χ0n) is 31.4. The van der Waals surface area contributed by atoms with Crippen LogP contribution in [0.5, 0.6) is 11.5 Å². The van der Waals surface area contributed by atoms with Crippen LogP contribution in [0.1, 0.15) is 54.3 Å². The van der Waals surface area contributed by atoms with E-state index in [1.54, 1.807) is 36.4 Å². The SMILES string of the molecule is COc1cccc(C(=O)COC(=O)c2ccc(N3C(=O)CC(C(C#N)(C#N)C4CC(=O)N(c5ccc(C(=O)OCC(=O)c6cccc(OC)c6)cc5)C4=O)C3=O)cc2)c1. The molecule has 0 aliphatic carbocycles. The molecule has 16 heteroatoms. The molecule has 2 unspecified atom stereocenters. The molecular formula is C43H32N4O12. The van der Waals surface area contributed by atoms with Gasteiger partial charge in [0.2, 0.25) is 23.6 Å². The fourth-order valence-electron chi connectivity index (χ4n) is 6.78. The minimum Gasteiger partial charge on any atom is -0.497 e. The first-order valence-corrected chi connectivity index (χ1v) is 17.8. The van der Waals surface area contributed by atoms with Gasteiger partial charge in [-0.05, 0) is 72.8 Å². The second-order valence-corrected chi connectivity index (χ2v) is 13.3. The molecule has 296 valence electrons. The predicted molar refractivity (Wildman–Crippen MR) is 203 cm³/mol. The summed E-state index contributed by atoms with van der Waals surface area (Å²) >= 11 is 0. The lowest BCUT2D eigenvalue weighted by Crippen LogP contribution is -2.44. The van der Waals surface area contributed by atoms with Gasteiger partial charge in [0.1, 0.15) is 11.5 Å². The van der Waals surface area contributed by atoms with Gasteiger partial charge in [0.25, 0.3) is 0 Å². The number of hydrogen-bond acceptors (Lipinski definition) is 14. The van der Waals surface area contributed by atoms with Crippen molar-refractivity contribution in [3.05, 3.63) is 119 Å². The van der Waals surface area contributed by atoms with Crippen molar-refractivity contribution < 1.29 is 57.3 Å². The van der Waals surface area contributed by atoms with E-state index in [9.17, 15) is 48.9 Å². The second kappa shape index (κ2) is 17.0. The Morgan fingerprint density at radius 2 is 0.966 bits per heavy atom. The van der Waals surface area contributed by atoms with Crippen molar-refractivity contribution in [2.45, 2.75) is 12.8 Å². The monoisotopic (exact) mass is 796 g/mol. The van der Waals surface area contributed by atoms with Gasteiger partial charge in [0.15, 0.2) is 30.2 Å². The summed E-state index contributed by atoms with van der Waals surface area (Å²) in [4.78, 5) is 106. The summed E-state index contributed by atoms with van der Waals surface area (Å²) in [6.45, 7) is -1.14. The van der Waals surface area contributed by atoms with E-state index < -0.39 is 90.4 Å². The van der Waals surface area contributed by atoms with Crippen LogP contribution < -0.4 is 19.3 Å². The zero-order chi connectivity index (χ0) is 42.4. The van der Waals surface area contributed by atoms with Crippen molar-refractivity contribution in [2.75, 3.05) is 37.2 Å². The molecule has 2 fully saturated rings. The zero-order valence-corrected chi connectivity index (χ0v) is 31.4. The summed E-state index contributed by atoms with van der Waals surface area (Å²) in [6.07, 6.45) is -1.27. The Hall–Kier alpha value is -7.98. The fraction of sp³-hybridized carbons (Fsp3) is 0.209. The number of methoxy groups -OCH3 is 2. The average Bonchev–Trinajstić information content (AvgIpc) is 3.74. The van der Waals surface area contributed by atoms with Gasteiger partial charge in [-0.3, -0.25) is 38.6 Å². The maximum Gasteiger partial charge on any atom is 0.338 e. The number of nitrogens with zero attached hydrogens (tertiary/aromatic N) is 4. The molecule has 2 atom stereocenters. The van der Waals surface area contributed by atoms with Gasteiger partial charge in [0, 0.05) is 24.0 Å². The third kappa shape index (κ3) is 8.01. The fourth-order valence-corrected chi connectivity index (χ4v) is 6.78. The molecule has 16 nitrogen and oxygen atoms in total. The number of rotatable bonds is 14. The van der Waals surface area contributed by atoms with E-state index in [1.807, 2.05) is 0 Å². The topological polar surface area (TPSA) is 228 Å². The summed E-state index contributed by atoms with van der Waals surface area (Å²) < 4.78 is 20.5. The van der Waals surface area contributed by atoms with Crippen LogP contribution in [0.15, 0.2) is 97.1 Å². The number of imide groups is 2. The number of carbonyl (C=O) groups excluding carboxylic acids is 8. The molecular weight excluding hydrogens is 764 g/mol. The van der Waals surface area contributed by atoms with E-state index in [2.05, 4.69) is 0 Å². The third-order valence-corrected chi connectivity index (χ3v) is 9.94. The van der Waals surface area contributed by atoms with E-state index in [4.69, 9.17) is 18.9 Å². The highest BCUT2D eigenvalue weighted by molar-refractivity contribution is 6.24. The average molecular weight is 797 g/mol. The molecule has 6 rings (SSSR count). The van der Waals surface area contributed by atoms with Gasteiger partial charge in [-0.15, -0.1) is 0 Å². The molecule has 4 amide bonds. The van der Waals surface area contributed by atoms with E-state index in [0.717, 1.165) is 9.80 Å². The van der Waals surface area contributed by atoms with Crippen LogP contribution in [-0.2, 0) is 28.7 Å². The normalized spacial score (nSPS) is 16.3. The number of carbonyl (C=O) groups is 8. The first kappa shape index (κ1) is 40.7. The largest absolute Gasteiger partial charge is 0.497 e. The first-order valence-electron chi connectivity index (χ1n) is 17.8. The van der Waals surface area contributed by atoms with Gasteiger partial charge < -0.3 is 18.9 Å². The molecule has 2 aliphatic rings. The van der Waals surface area contributed by atoms with Crippen molar-refractivity contribution >= 4 is 58.5 Å². The number of Topliss-reactive ketones (excluding diaryl/α,β-unsaturated/α-hetero) is 2. The van der Waals surface area contributed by atoms with Gasteiger partial charge in [0.05, 0.1) is 60.7 Å². The highest BCUT2D eigenvalue weighted by Crippen LogP contribution is 2.47. The molecule has 0 bridgehead atoms. The van der Waals surface area contributed by atoms with Crippen LogP contribution >= 0.6 is 0 Å². The van der Waals surface area contributed by atoms with E-state index >= 15 is 0 Å². The van der Waals surface area contributed by atoms with Crippen molar-refractivity contribution in [1.29, 1.82) is 10.5 Å². The van der Waals surface area contributed by atoms with Gasteiger partial charge in [-0.25, -0.2) is 9.59 Å². The van der Waals surface area contributed by atoms with Crippen LogP contribution in [-0.4, -0.2) is 74.6 Å². The van der Waals surface area contributed by atoms with Crippen LogP contribution in [0.25, 0.3) is 0 Å². The molecule has 0 spiro atoms. The number of hydrogen-bond donors (Lipinski definition) is 0. The number of benzene rings is 4. The molecule has 0 saturated carbocycles. The van der Waals surface area contributed by atoms with Crippen LogP contribution in [0.3, 0.4) is 0 Å². The Bertz CT molecular complexity index is 2310. The summed E-state index contributed by atoms with van der Waals surface area (Å²) in [5.41, 5.74) is -1.94. The molecule has 59 heavy (non-hydrogen) atoms. The van der Waals surface area contributed by atoms with Crippen molar-refractivity contribution in [3.63, 3.8) is 0 Å². The lowest BCUT2D eigenvalue weighted by molar-refractivity contribution is -0.126. The molecule has 0 aromatic heterocycles. The Kier molecular flexibility index (Phi) is 11.7. The summed E-state index contributed by atoms with van der Waals surface area (Å²) in [6, 6.07) is 26.2. The second-order valence-electron chi connectivity index (χ2n) is 13.3. The highest BCUT2D eigenvalue weighted by atomic mass is 16.5. The van der Waals surface area contributed by atoms with Gasteiger partial charge >= 0.3 is 11.9 Å². The lowest BCUT2D eigenvalue weighted by atomic mass is 9.67. The number of amides is 4.